The minimum absolute atomic E-state index is 0.111. The number of hydrogen-bond acceptors (Lipinski definition) is 7. The molecule has 1 aromatic heterocycles. The first-order valence-electron chi connectivity index (χ1n) is 13.9. The van der Waals surface area contributed by atoms with E-state index in [1.807, 2.05) is 79.0 Å². The van der Waals surface area contributed by atoms with Crippen LogP contribution in [0.4, 0.5) is 10.8 Å². The highest BCUT2D eigenvalue weighted by Gasteiger charge is 2.15. The summed E-state index contributed by atoms with van der Waals surface area (Å²) in [5, 5.41) is 10.9. The maximum absolute atomic E-state index is 13.3. The van der Waals surface area contributed by atoms with Gasteiger partial charge >= 0.3 is 0 Å². The van der Waals surface area contributed by atoms with E-state index in [1.54, 1.807) is 49.6 Å². The minimum atomic E-state index is -0.461. The van der Waals surface area contributed by atoms with Crippen molar-refractivity contribution in [2.24, 2.45) is 0 Å². The van der Waals surface area contributed by atoms with Crippen LogP contribution in [-0.2, 0) is 9.59 Å². The van der Waals surface area contributed by atoms with Gasteiger partial charge in [-0.25, -0.2) is 4.98 Å². The smallest absolute Gasteiger partial charge is 0.272 e. The van der Waals surface area contributed by atoms with Gasteiger partial charge in [-0.3, -0.25) is 14.4 Å². The SMILES string of the molecule is COc1ccc(-c2csc(NC(=O)CSc3ccc(NC(=O)/C(=C/c4ccc(C)cc4)NC(=O)c4ccccc4)cc3)n2)cc1. The lowest BCUT2D eigenvalue weighted by Crippen LogP contribution is -2.30. The van der Waals surface area contributed by atoms with Crippen molar-refractivity contribution in [2.45, 2.75) is 11.8 Å². The Bertz CT molecular complexity index is 1800. The molecule has 0 saturated carbocycles. The molecule has 0 bridgehead atoms. The lowest BCUT2D eigenvalue weighted by Gasteiger charge is -2.12. The zero-order valence-corrected chi connectivity index (χ0v) is 26.2. The molecule has 45 heavy (non-hydrogen) atoms. The summed E-state index contributed by atoms with van der Waals surface area (Å²) in [6.45, 7) is 1.98. The lowest BCUT2D eigenvalue weighted by molar-refractivity contribution is -0.114. The van der Waals surface area contributed by atoms with Gasteiger partial charge in [-0.2, -0.15) is 0 Å². The van der Waals surface area contributed by atoms with Crippen molar-refractivity contribution in [3.05, 3.63) is 131 Å². The van der Waals surface area contributed by atoms with Crippen molar-refractivity contribution in [1.29, 1.82) is 0 Å². The molecule has 5 rings (SSSR count). The largest absolute Gasteiger partial charge is 0.497 e. The molecule has 4 aromatic carbocycles. The Morgan fingerprint density at radius 2 is 1.58 bits per heavy atom. The van der Waals surface area contributed by atoms with Crippen LogP contribution >= 0.6 is 23.1 Å². The Hall–Kier alpha value is -5.19. The molecule has 226 valence electrons. The number of rotatable bonds is 11. The van der Waals surface area contributed by atoms with Crippen molar-refractivity contribution >= 4 is 57.7 Å². The summed E-state index contributed by atoms with van der Waals surface area (Å²) in [5.41, 5.74) is 4.68. The van der Waals surface area contributed by atoms with Crippen molar-refractivity contribution in [3.8, 4) is 17.0 Å². The number of ether oxygens (including phenoxy) is 1. The number of aryl methyl sites for hydroxylation is 1. The number of aromatic nitrogens is 1. The monoisotopic (exact) mass is 634 g/mol. The summed E-state index contributed by atoms with van der Waals surface area (Å²) in [7, 11) is 1.62. The summed E-state index contributed by atoms with van der Waals surface area (Å²) in [6, 6.07) is 31.1. The summed E-state index contributed by atoms with van der Waals surface area (Å²) in [6.07, 6.45) is 1.64. The summed E-state index contributed by atoms with van der Waals surface area (Å²) >= 11 is 2.73. The van der Waals surface area contributed by atoms with Gasteiger partial charge in [-0.15, -0.1) is 23.1 Å². The van der Waals surface area contributed by atoms with Gasteiger partial charge in [0, 0.05) is 27.1 Å². The number of carbonyl (C=O) groups excluding carboxylic acids is 3. The number of nitrogens with zero attached hydrogens (tertiary/aromatic N) is 1. The quantitative estimate of drug-likeness (QED) is 0.104. The van der Waals surface area contributed by atoms with Crippen LogP contribution in [0, 0.1) is 6.92 Å². The molecule has 10 heteroatoms. The number of methoxy groups -OCH3 is 1. The highest BCUT2D eigenvalue weighted by atomic mass is 32.2. The molecular weight excluding hydrogens is 605 g/mol. The molecule has 3 N–H and O–H groups in total. The molecule has 0 spiro atoms. The fraction of sp³-hybridized carbons (Fsp3) is 0.0857. The van der Waals surface area contributed by atoms with Gasteiger partial charge < -0.3 is 20.7 Å². The van der Waals surface area contributed by atoms with E-state index < -0.39 is 5.91 Å². The van der Waals surface area contributed by atoms with E-state index in [1.165, 1.54) is 23.1 Å². The zero-order valence-electron chi connectivity index (χ0n) is 24.6. The highest BCUT2D eigenvalue weighted by molar-refractivity contribution is 8.00. The Kier molecular flexibility index (Phi) is 10.4. The van der Waals surface area contributed by atoms with Crippen LogP contribution in [0.25, 0.3) is 17.3 Å². The van der Waals surface area contributed by atoms with Crippen LogP contribution in [0.1, 0.15) is 21.5 Å². The van der Waals surface area contributed by atoms with E-state index in [0.29, 0.717) is 16.4 Å². The third-order valence-corrected chi connectivity index (χ3v) is 8.31. The second-order valence-corrected chi connectivity index (χ2v) is 11.8. The van der Waals surface area contributed by atoms with E-state index in [4.69, 9.17) is 4.74 Å². The van der Waals surface area contributed by atoms with Gasteiger partial charge in [-0.05, 0) is 79.2 Å². The standard InChI is InChI=1S/C35H30N4O4S2/c1-23-8-10-24(11-9-23)20-30(37-33(41)26-6-4-3-5-7-26)34(42)36-27-14-18-29(19-15-27)44-22-32(40)39-35-38-31(21-45-35)25-12-16-28(43-2)17-13-25/h3-21H,22H2,1-2H3,(H,36,42)(H,37,41)(H,38,39,40)/b30-20-. The van der Waals surface area contributed by atoms with Gasteiger partial charge in [0.2, 0.25) is 5.91 Å². The number of anilines is 2. The molecule has 0 fully saturated rings. The molecule has 0 saturated heterocycles. The van der Waals surface area contributed by atoms with Gasteiger partial charge in [0.05, 0.1) is 18.6 Å². The fourth-order valence-electron chi connectivity index (χ4n) is 4.13. The van der Waals surface area contributed by atoms with Crippen LogP contribution in [0.3, 0.4) is 0 Å². The molecule has 8 nitrogen and oxygen atoms in total. The van der Waals surface area contributed by atoms with Crippen molar-refractivity contribution in [2.75, 3.05) is 23.5 Å². The molecule has 0 aliphatic rings. The van der Waals surface area contributed by atoms with Crippen LogP contribution in [0.15, 0.2) is 119 Å². The van der Waals surface area contributed by atoms with E-state index >= 15 is 0 Å². The highest BCUT2D eigenvalue weighted by Crippen LogP contribution is 2.27. The summed E-state index contributed by atoms with van der Waals surface area (Å²) in [4.78, 5) is 44.1. The Labute approximate surface area is 269 Å². The predicted molar refractivity (Wildman–Crippen MR) is 182 cm³/mol. The maximum Gasteiger partial charge on any atom is 0.272 e. The Balaban J connectivity index is 1.17. The molecular formula is C35H30N4O4S2. The summed E-state index contributed by atoms with van der Waals surface area (Å²) in [5.74, 6) is -0.0612. The van der Waals surface area contributed by atoms with Gasteiger partial charge in [-0.1, -0.05) is 48.0 Å². The van der Waals surface area contributed by atoms with Crippen molar-refractivity contribution in [1.82, 2.24) is 10.3 Å². The number of thioether (sulfide) groups is 1. The van der Waals surface area contributed by atoms with Gasteiger partial charge in [0.1, 0.15) is 11.4 Å². The molecule has 1 heterocycles. The van der Waals surface area contributed by atoms with E-state index in [2.05, 4.69) is 20.9 Å². The van der Waals surface area contributed by atoms with E-state index in [-0.39, 0.29) is 23.3 Å². The topological polar surface area (TPSA) is 109 Å². The number of benzene rings is 4. The minimum Gasteiger partial charge on any atom is -0.497 e. The van der Waals surface area contributed by atoms with Crippen molar-refractivity contribution < 1.29 is 19.1 Å². The second-order valence-electron chi connectivity index (χ2n) is 9.87. The third-order valence-electron chi connectivity index (χ3n) is 6.54. The number of carbonyl (C=O) groups is 3. The Morgan fingerprint density at radius 1 is 0.867 bits per heavy atom. The first kappa shape index (κ1) is 31.2. The third kappa shape index (κ3) is 8.91. The molecule has 0 aliphatic carbocycles. The van der Waals surface area contributed by atoms with Gasteiger partial charge in [0.25, 0.3) is 11.8 Å². The second kappa shape index (κ2) is 15.0. The molecule has 0 radical (unpaired) electrons. The number of hydrogen-bond donors (Lipinski definition) is 3. The molecule has 0 aliphatic heterocycles. The molecule has 5 aromatic rings. The zero-order chi connectivity index (χ0) is 31.6. The van der Waals surface area contributed by atoms with Crippen LogP contribution < -0.4 is 20.7 Å². The molecule has 0 atom stereocenters. The number of nitrogens with one attached hydrogen (secondary N) is 3. The van der Waals surface area contributed by atoms with E-state index in [9.17, 15) is 14.4 Å². The average molecular weight is 635 g/mol. The number of thiazole rings is 1. The first-order chi connectivity index (χ1) is 21.9. The van der Waals surface area contributed by atoms with Crippen molar-refractivity contribution in [3.63, 3.8) is 0 Å². The average Bonchev–Trinajstić information content (AvgIpc) is 3.53. The normalized spacial score (nSPS) is 11.0. The van der Waals surface area contributed by atoms with E-state index in [0.717, 1.165) is 33.0 Å². The van der Waals surface area contributed by atoms with Crippen LogP contribution in [-0.4, -0.2) is 35.6 Å². The van der Waals surface area contributed by atoms with Gasteiger partial charge in [0.15, 0.2) is 5.13 Å². The molecule has 3 amide bonds. The molecule has 0 unspecified atom stereocenters. The number of amides is 3. The fourth-order valence-corrected chi connectivity index (χ4v) is 5.57. The first-order valence-corrected chi connectivity index (χ1v) is 15.8. The Morgan fingerprint density at radius 3 is 2.27 bits per heavy atom. The van der Waals surface area contributed by atoms with Crippen LogP contribution in [0.2, 0.25) is 0 Å². The summed E-state index contributed by atoms with van der Waals surface area (Å²) < 4.78 is 5.20. The predicted octanol–water partition coefficient (Wildman–Crippen LogP) is 7.27. The lowest BCUT2D eigenvalue weighted by atomic mass is 10.1. The maximum atomic E-state index is 13.3. The van der Waals surface area contributed by atoms with Crippen LogP contribution in [0.5, 0.6) is 5.75 Å².